The highest BCUT2D eigenvalue weighted by molar-refractivity contribution is 5.94. The monoisotopic (exact) mass is 363 g/mol. The number of carbonyl (C=O) groups excluding carboxylic acids is 1. The van der Waals surface area contributed by atoms with Crippen LogP contribution in [-0.4, -0.2) is 25.9 Å². The van der Waals surface area contributed by atoms with Crippen molar-refractivity contribution in [1.29, 1.82) is 0 Å². The maximum Gasteiger partial charge on any atom is 0.251 e. The van der Waals surface area contributed by atoms with Crippen LogP contribution in [0.5, 0.6) is 0 Å². The highest BCUT2D eigenvalue weighted by Gasteiger charge is 2.19. The van der Waals surface area contributed by atoms with Gasteiger partial charge in [-0.25, -0.2) is 0 Å². The van der Waals surface area contributed by atoms with Gasteiger partial charge in [0.1, 0.15) is 0 Å². The Morgan fingerprint density at radius 1 is 1.07 bits per heavy atom. The summed E-state index contributed by atoms with van der Waals surface area (Å²) >= 11 is 0. The van der Waals surface area contributed by atoms with E-state index in [4.69, 9.17) is 0 Å². The first kappa shape index (κ1) is 18.8. The second-order valence-corrected chi connectivity index (χ2v) is 6.73. The molecule has 0 aliphatic rings. The molecule has 1 amide bonds. The molecule has 0 fully saturated rings. The maximum absolute atomic E-state index is 12.7. The number of benzene rings is 1. The van der Waals surface area contributed by atoms with E-state index in [1.54, 1.807) is 0 Å². The minimum atomic E-state index is -0.111. The smallest absolute Gasteiger partial charge is 0.251 e. The van der Waals surface area contributed by atoms with Crippen molar-refractivity contribution < 1.29 is 4.79 Å². The number of hydrogen-bond acceptors (Lipinski definition) is 4. The lowest BCUT2D eigenvalue weighted by molar-refractivity contribution is 0.0940. The predicted molar refractivity (Wildman–Crippen MR) is 105 cm³/mol. The van der Waals surface area contributed by atoms with Gasteiger partial charge in [0.25, 0.3) is 5.91 Å². The van der Waals surface area contributed by atoms with Gasteiger partial charge in [0.15, 0.2) is 0 Å². The lowest BCUT2D eigenvalue weighted by atomic mass is 10.0. The van der Waals surface area contributed by atoms with E-state index in [1.165, 1.54) is 0 Å². The average molecular weight is 363 g/mol. The van der Waals surface area contributed by atoms with Gasteiger partial charge in [-0.05, 0) is 58.9 Å². The Hall–Kier alpha value is -3.02. The molecule has 1 atom stereocenters. The largest absolute Gasteiger partial charge is 0.345 e. The van der Waals surface area contributed by atoms with Gasteiger partial charge in [0.05, 0.1) is 23.1 Å². The van der Waals surface area contributed by atoms with Crippen LogP contribution in [0.25, 0.3) is 11.3 Å². The Kier molecular flexibility index (Phi) is 5.35. The van der Waals surface area contributed by atoms with Gasteiger partial charge < -0.3 is 5.32 Å². The molecular weight excluding hydrogens is 338 g/mol. The Balaban J connectivity index is 1.74. The van der Waals surface area contributed by atoms with Crippen molar-refractivity contribution >= 4 is 5.91 Å². The zero-order chi connectivity index (χ0) is 19.6. The Morgan fingerprint density at radius 3 is 2.33 bits per heavy atom. The van der Waals surface area contributed by atoms with Gasteiger partial charge in [0.2, 0.25) is 0 Å². The van der Waals surface area contributed by atoms with Gasteiger partial charge in [-0.1, -0.05) is 12.1 Å². The van der Waals surface area contributed by atoms with Crippen LogP contribution in [0.4, 0.5) is 0 Å². The van der Waals surface area contributed by atoms with Gasteiger partial charge in [-0.3, -0.25) is 9.48 Å². The summed E-state index contributed by atoms with van der Waals surface area (Å²) in [5, 5.41) is 15.9. The zero-order valence-corrected chi connectivity index (χ0v) is 16.4. The van der Waals surface area contributed by atoms with E-state index in [9.17, 15) is 4.79 Å². The fraction of sp³-hybridized carbons (Fsp3) is 0.333. The van der Waals surface area contributed by atoms with E-state index in [-0.39, 0.29) is 11.9 Å². The molecular formula is C21H25N5O. The second kappa shape index (κ2) is 7.70. The molecule has 0 bridgehead atoms. The Morgan fingerprint density at radius 2 is 1.78 bits per heavy atom. The van der Waals surface area contributed by atoms with E-state index in [1.807, 2.05) is 68.8 Å². The third kappa shape index (κ3) is 3.89. The molecule has 0 aliphatic carbocycles. The number of nitrogens with one attached hydrogen (secondary N) is 1. The van der Waals surface area contributed by atoms with E-state index in [0.29, 0.717) is 5.56 Å². The van der Waals surface area contributed by atoms with E-state index < -0.39 is 0 Å². The highest BCUT2D eigenvalue weighted by atomic mass is 16.1. The standard InChI is InChI=1S/C21H25N5O/c1-6-26-16(5)20(15(4)25-26)14(3)22-21(27)18-10-8-17(9-11-18)19-12-7-13(2)23-24-19/h7-12,14H,6H2,1-5H3,(H,22,27)/t14-/m0/s1. The lowest BCUT2D eigenvalue weighted by Crippen LogP contribution is -2.27. The van der Waals surface area contributed by atoms with Crippen molar-refractivity contribution in [3.63, 3.8) is 0 Å². The van der Waals surface area contributed by atoms with Crippen molar-refractivity contribution in [2.75, 3.05) is 0 Å². The summed E-state index contributed by atoms with van der Waals surface area (Å²) < 4.78 is 1.96. The average Bonchev–Trinajstić information content (AvgIpc) is 2.96. The fourth-order valence-corrected chi connectivity index (χ4v) is 3.34. The third-order valence-electron chi connectivity index (χ3n) is 4.76. The zero-order valence-electron chi connectivity index (χ0n) is 16.4. The molecule has 0 radical (unpaired) electrons. The van der Waals surface area contributed by atoms with Crippen LogP contribution in [0.15, 0.2) is 36.4 Å². The normalized spacial score (nSPS) is 12.0. The van der Waals surface area contributed by atoms with Crippen molar-refractivity contribution in [3.8, 4) is 11.3 Å². The Labute approximate surface area is 159 Å². The highest BCUT2D eigenvalue weighted by Crippen LogP contribution is 2.22. The van der Waals surface area contributed by atoms with Crippen LogP contribution in [-0.2, 0) is 6.54 Å². The fourth-order valence-electron chi connectivity index (χ4n) is 3.34. The molecule has 0 saturated heterocycles. The molecule has 0 unspecified atom stereocenters. The minimum Gasteiger partial charge on any atom is -0.345 e. The second-order valence-electron chi connectivity index (χ2n) is 6.73. The number of nitrogens with zero attached hydrogens (tertiary/aromatic N) is 4. The molecule has 3 rings (SSSR count). The molecule has 140 valence electrons. The topological polar surface area (TPSA) is 72.7 Å². The molecule has 6 nitrogen and oxygen atoms in total. The first-order valence-corrected chi connectivity index (χ1v) is 9.16. The third-order valence-corrected chi connectivity index (χ3v) is 4.76. The van der Waals surface area contributed by atoms with Crippen LogP contribution in [0.2, 0.25) is 0 Å². The maximum atomic E-state index is 12.7. The van der Waals surface area contributed by atoms with Crippen molar-refractivity contribution in [3.05, 3.63) is 64.6 Å². The van der Waals surface area contributed by atoms with Gasteiger partial charge >= 0.3 is 0 Å². The van der Waals surface area contributed by atoms with Crippen LogP contribution in [0.1, 0.15) is 52.9 Å². The summed E-state index contributed by atoms with van der Waals surface area (Å²) in [6.45, 7) is 10.8. The predicted octanol–water partition coefficient (Wildman–Crippen LogP) is 3.78. The number of amides is 1. The van der Waals surface area contributed by atoms with Gasteiger partial charge in [0, 0.05) is 28.9 Å². The van der Waals surface area contributed by atoms with Crippen molar-refractivity contribution in [2.24, 2.45) is 0 Å². The molecule has 0 aliphatic heterocycles. The summed E-state index contributed by atoms with van der Waals surface area (Å²) in [5.41, 5.74) is 6.34. The van der Waals surface area contributed by atoms with Crippen LogP contribution < -0.4 is 5.32 Å². The molecule has 27 heavy (non-hydrogen) atoms. The quantitative estimate of drug-likeness (QED) is 0.749. The number of aromatic nitrogens is 4. The minimum absolute atomic E-state index is 0.105. The van der Waals surface area contributed by atoms with E-state index in [0.717, 1.165) is 40.4 Å². The lowest BCUT2D eigenvalue weighted by Gasteiger charge is -2.15. The van der Waals surface area contributed by atoms with Crippen molar-refractivity contribution in [2.45, 2.75) is 47.2 Å². The van der Waals surface area contributed by atoms with Gasteiger partial charge in [-0.2, -0.15) is 15.3 Å². The summed E-state index contributed by atoms with van der Waals surface area (Å²) in [5.74, 6) is -0.105. The molecule has 0 spiro atoms. The molecule has 1 aromatic carbocycles. The summed E-state index contributed by atoms with van der Waals surface area (Å²) in [7, 11) is 0. The molecule has 6 heteroatoms. The van der Waals surface area contributed by atoms with Crippen LogP contribution in [0.3, 0.4) is 0 Å². The summed E-state index contributed by atoms with van der Waals surface area (Å²) in [6, 6.07) is 11.2. The molecule has 3 aromatic rings. The molecule has 1 N–H and O–H groups in total. The molecule has 2 heterocycles. The SMILES string of the molecule is CCn1nc(C)c([C@H](C)NC(=O)c2ccc(-c3ccc(C)nn3)cc2)c1C. The first-order chi connectivity index (χ1) is 12.9. The molecule has 0 saturated carbocycles. The summed E-state index contributed by atoms with van der Waals surface area (Å²) in [4.78, 5) is 12.7. The number of hydrogen-bond donors (Lipinski definition) is 1. The summed E-state index contributed by atoms with van der Waals surface area (Å²) in [6.07, 6.45) is 0. The van der Waals surface area contributed by atoms with Gasteiger partial charge in [-0.15, -0.1) is 0 Å². The van der Waals surface area contributed by atoms with E-state index >= 15 is 0 Å². The van der Waals surface area contributed by atoms with Crippen LogP contribution in [0, 0.1) is 20.8 Å². The number of rotatable bonds is 5. The van der Waals surface area contributed by atoms with Crippen molar-refractivity contribution in [1.82, 2.24) is 25.3 Å². The number of carbonyl (C=O) groups is 1. The first-order valence-electron chi connectivity index (χ1n) is 9.16. The Bertz CT molecular complexity index is 942. The van der Waals surface area contributed by atoms with Crippen LogP contribution >= 0.6 is 0 Å². The van der Waals surface area contributed by atoms with E-state index in [2.05, 4.69) is 27.5 Å². The number of aryl methyl sites for hydroxylation is 3. The molecule has 2 aromatic heterocycles.